The fraction of sp³-hybridized carbons (Fsp3) is 0.524. The molecule has 0 bridgehead atoms. The Morgan fingerprint density at radius 2 is 1.93 bits per heavy atom. The van der Waals surface area contributed by atoms with Gasteiger partial charge in [-0.25, -0.2) is 18.2 Å². The zero-order valence-corrected chi connectivity index (χ0v) is 18.8. The molecule has 0 fully saturated rings. The van der Waals surface area contributed by atoms with E-state index < -0.39 is 9.84 Å². The summed E-state index contributed by atoms with van der Waals surface area (Å²) in [5, 5.41) is 2.86. The summed E-state index contributed by atoms with van der Waals surface area (Å²) in [5.74, 6) is 0.136. The van der Waals surface area contributed by atoms with Crippen LogP contribution in [0.5, 0.6) is 0 Å². The molecule has 0 spiro atoms. The van der Waals surface area contributed by atoms with E-state index in [4.69, 9.17) is 0 Å². The normalized spacial score (nSPS) is 11.7. The van der Waals surface area contributed by atoms with Crippen molar-refractivity contribution in [3.63, 3.8) is 0 Å². The van der Waals surface area contributed by atoms with Gasteiger partial charge in [-0.15, -0.1) is 0 Å². The molecule has 0 saturated heterocycles. The van der Waals surface area contributed by atoms with E-state index in [1.54, 1.807) is 15.7 Å². The SMILES string of the molecule is CCNC(=O)N(CC)Cc1cnc(S(=O)(=O)Cc2ccccc2C)n1CC(C)C. The number of benzene rings is 1. The summed E-state index contributed by atoms with van der Waals surface area (Å²) < 4.78 is 28.1. The van der Waals surface area contributed by atoms with E-state index >= 15 is 0 Å². The highest BCUT2D eigenvalue weighted by Gasteiger charge is 2.26. The fourth-order valence-electron chi connectivity index (χ4n) is 3.15. The smallest absolute Gasteiger partial charge is 0.317 e. The maximum atomic E-state index is 13.2. The Morgan fingerprint density at radius 1 is 1.24 bits per heavy atom. The number of hydrogen-bond acceptors (Lipinski definition) is 4. The van der Waals surface area contributed by atoms with Crippen molar-refractivity contribution in [2.24, 2.45) is 5.92 Å². The lowest BCUT2D eigenvalue weighted by atomic mass is 10.1. The van der Waals surface area contributed by atoms with E-state index in [2.05, 4.69) is 10.3 Å². The number of imidazole rings is 1. The summed E-state index contributed by atoms with van der Waals surface area (Å²) in [4.78, 5) is 18.2. The van der Waals surface area contributed by atoms with Gasteiger partial charge in [-0.1, -0.05) is 38.1 Å². The molecular formula is C21H32N4O3S. The number of rotatable bonds is 9. The number of carbonyl (C=O) groups is 1. The summed E-state index contributed by atoms with van der Waals surface area (Å²) in [6.45, 7) is 11.6. The van der Waals surface area contributed by atoms with Gasteiger partial charge in [-0.2, -0.15) is 0 Å². The molecule has 2 aromatic rings. The molecule has 29 heavy (non-hydrogen) atoms. The third-order valence-corrected chi connectivity index (χ3v) is 6.26. The van der Waals surface area contributed by atoms with Gasteiger partial charge in [0.25, 0.3) is 0 Å². The molecule has 0 radical (unpaired) electrons. The number of nitrogens with one attached hydrogen (secondary N) is 1. The van der Waals surface area contributed by atoms with Crippen LogP contribution in [-0.4, -0.2) is 42.0 Å². The van der Waals surface area contributed by atoms with Crippen LogP contribution in [0.1, 0.15) is 44.5 Å². The maximum absolute atomic E-state index is 13.2. The van der Waals surface area contributed by atoms with Crippen molar-refractivity contribution >= 4 is 15.9 Å². The van der Waals surface area contributed by atoms with Crippen molar-refractivity contribution in [3.8, 4) is 0 Å². The highest BCUT2D eigenvalue weighted by molar-refractivity contribution is 7.90. The number of carbonyl (C=O) groups excluding carboxylic acids is 1. The molecule has 8 heteroatoms. The van der Waals surface area contributed by atoms with Gasteiger partial charge in [0.2, 0.25) is 15.0 Å². The maximum Gasteiger partial charge on any atom is 0.317 e. The molecule has 1 aromatic heterocycles. The van der Waals surface area contributed by atoms with E-state index in [-0.39, 0.29) is 22.9 Å². The second kappa shape index (κ2) is 9.91. The predicted octanol–water partition coefficient (Wildman–Crippen LogP) is 3.37. The highest BCUT2D eigenvalue weighted by atomic mass is 32.2. The molecular weight excluding hydrogens is 388 g/mol. The van der Waals surface area contributed by atoms with Crippen LogP contribution in [0.15, 0.2) is 35.6 Å². The number of nitrogens with zero attached hydrogens (tertiary/aromatic N) is 3. The predicted molar refractivity (Wildman–Crippen MR) is 114 cm³/mol. The number of aromatic nitrogens is 2. The van der Waals surface area contributed by atoms with Gasteiger partial charge in [0.15, 0.2) is 0 Å². The van der Waals surface area contributed by atoms with Crippen molar-refractivity contribution < 1.29 is 13.2 Å². The second-order valence-electron chi connectivity index (χ2n) is 7.57. The van der Waals surface area contributed by atoms with E-state index in [1.165, 1.54) is 0 Å². The third kappa shape index (κ3) is 5.82. The van der Waals surface area contributed by atoms with E-state index in [1.807, 2.05) is 58.9 Å². The summed E-state index contributed by atoms with van der Waals surface area (Å²) in [6.07, 6.45) is 1.58. The Bertz CT molecular complexity index is 935. The molecule has 7 nitrogen and oxygen atoms in total. The van der Waals surface area contributed by atoms with Crippen LogP contribution in [-0.2, 0) is 28.7 Å². The van der Waals surface area contributed by atoms with E-state index in [0.717, 1.165) is 16.8 Å². The highest BCUT2D eigenvalue weighted by Crippen LogP contribution is 2.21. The third-order valence-electron chi connectivity index (χ3n) is 4.68. The monoisotopic (exact) mass is 420 g/mol. The van der Waals surface area contributed by atoms with E-state index in [0.29, 0.717) is 26.2 Å². The number of sulfone groups is 1. The lowest BCUT2D eigenvalue weighted by Crippen LogP contribution is -2.39. The minimum atomic E-state index is -3.63. The van der Waals surface area contributed by atoms with Crippen LogP contribution in [0.4, 0.5) is 4.79 Å². The first-order valence-corrected chi connectivity index (χ1v) is 11.7. The first-order chi connectivity index (χ1) is 13.7. The minimum Gasteiger partial charge on any atom is -0.338 e. The summed E-state index contributed by atoms with van der Waals surface area (Å²) in [6, 6.07) is 7.30. The summed E-state index contributed by atoms with van der Waals surface area (Å²) in [5.41, 5.74) is 2.42. The Balaban J connectivity index is 2.39. The molecule has 1 aromatic carbocycles. The molecule has 1 heterocycles. The first kappa shape index (κ1) is 22.9. The van der Waals surface area contributed by atoms with Gasteiger partial charge in [0.05, 0.1) is 24.2 Å². The number of amides is 2. The summed E-state index contributed by atoms with van der Waals surface area (Å²) in [7, 11) is -3.63. The van der Waals surface area contributed by atoms with Crippen LogP contribution in [0.3, 0.4) is 0 Å². The van der Waals surface area contributed by atoms with Crippen LogP contribution >= 0.6 is 0 Å². The Hall–Kier alpha value is -2.35. The lowest BCUT2D eigenvalue weighted by Gasteiger charge is -2.22. The van der Waals surface area contributed by atoms with Crippen LogP contribution in [0.25, 0.3) is 0 Å². The van der Waals surface area contributed by atoms with Crippen molar-refractivity contribution in [2.45, 2.75) is 58.6 Å². The summed E-state index contributed by atoms with van der Waals surface area (Å²) >= 11 is 0. The largest absolute Gasteiger partial charge is 0.338 e. The van der Waals surface area contributed by atoms with Gasteiger partial charge in [-0.05, 0) is 37.8 Å². The molecule has 1 N–H and O–H groups in total. The number of aryl methyl sites for hydroxylation is 1. The minimum absolute atomic E-state index is 0.0661. The Kier molecular flexibility index (Phi) is 7.84. The van der Waals surface area contributed by atoms with Crippen LogP contribution in [0, 0.1) is 12.8 Å². The van der Waals surface area contributed by atoms with Crippen molar-refractivity contribution in [1.29, 1.82) is 0 Å². The average molecular weight is 421 g/mol. The van der Waals surface area contributed by atoms with Gasteiger partial charge in [0, 0.05) is 19.6 Å². The molecule has 2 amide bonds. The molecule has 0 atom stereocenters. The standard InChI is InChI=1S/C21H32N4O3S/c1-6-22-20(26)24(7-2)14-19-12-23-21(25(19)13-16(3)4)29(27,28)15-18-11-9-8-10-17(18)5/h8-12,16H,6-7,13-15H2,1-5H3,(H,22,26). The van der Waals surface area contributed by atoms with E-state index in [9.17, 15) is 13.2 Å². The van der Waals surface area contributed by atoms with Gasteiger partial charge < -0.3 is 14.8 Å². The molecule has 0 saturated carbocycles. The Morgan fingerprint density at radius 3 is 2.52 bits per heavy atom. The molecule has 0 aliphatic heterocycles. The zero-order valence-electron chi connectivity index (χ0n) is 18.0. The number of urea groups is 1. The van der Waals surface area contributed by atoms with Crippen molar-refractivity contribution in [2.75, 3.05) is 13.1 Å². The van der Waals surface area contributed by atoms with Crippen molar-refractivity contribution in [1.82, 2.24) is 19.8 Å². The molecule has 2 rings (SSSR count). The average Bonchev–Trinajstić information content (AvgIpc) is 3.04. The first-order valence-electron chi connectivity index (χ1n) is 10.0. The Labute approximate surface area is 174 Å². The van der Waals surface area contributed by atoms with Crippen molar-refractivity contribution in [3.05, 3.63) is 47.3 Å². The van der Waals surface area contributed by atoms with Gasteiger partial charge in [-0.3, -0.25) is 0 Å². The quantitative estimate of drug-likeness (QED) is 0.674. The molecule has 0 aliphatic rings. The second-order valence-corrected chi connectivity index (χ2v) is 9.46. The van der Waals surface area contributed by atoms with Gasteiger partial charge >= 0.3 is 6.03 Å². The van der Waals surface area contributed by atoms with Gasteiger partial charge in [0.1, 0.15) is 0 Å². The zero-order chi connectivity index (χ0) is 21.6. The van der Waals surface area contributed by atoms with Crippen LogP contribution in [0.2, 0.25) is 0 Å². The lowest BCUT2D eigenvalue weighted by molar-refractivity contribution is 0.197. The molecule has 0 unspecified atom stereocenters. The molecule has 0 aliphatic carbocycles. The van der Waals surface area contributed by atoms with Crippen LogP contribution < -0.4 is 5.32 Å². The topological polar surface area (TPSA) is 84.3 Å². The number of hydrogen-bond donors (Lipinski definition) is 1. The fourth-order valence-corrected chi connectivity index (χ4v) is 4.76. The molecule has 160 valence electrons.